The zero-order valence-corrected chi connectivity index (χ0v) is 22.7. The molecule has 4 rings (SSSR count). The summed E-state index contributed by atoms with van der Waals surface area (Å²) in [6.45, 7) is -0.177. The van der Waals surface area contributed by atoms with Crippen LogP contribution in [-0.2, 0) is 19.2 Å². The van der Waals surface area contributed by atoms with Gasteiger partial charge in [-0.2, -0.15) is 0 Å². The lowest BCUT2D eigenvalue weighted by Crippen LogP contribution is -2.44. The number of carboxylic acids is 2. The number of likely N-dealkylation sites (tertiary alicyclic amines) is 2. The molecule has 2 fully saturated rings. The van der Waals surface area contributed by atoms with Crippen molar-refractivity contribution < 1.29 is 39.0 Å². The maximum absolute atomic E-state index is 12.0. The lowest BCUT2D eigenvalue weighted by Gasteiger charge is -2.20. The number of nitrogens with one attached hydrogen (secondary N) is 2. The number of amides is 4. The van der Waals surface area contributed by atoms with Crippen LogP contribution < -0.4 is 22.1 Å². The van der Waals surface area contributed by atoms with Gasteiger partial charge in [0.25, 0.3) is 11.8 Å². The number of carboxylic acid groups (broad SMARTS) is 2. The van der Waals surface area contributed by atoms with E-state index in [9.17, 15) is 28.8 Å². The molecule has 224 valence electrons. The summed E-state index contributed by atoms with van der Waals surface area (Å²) in [6.07, 6.45) is 0.360. The summed E-state index contributed by atoms with van der Waals surface area (Å²) in [7, 11) is 0. The van der Waals surface area contributed by atoms with Crippen LogP contribution in [0.1, 0.15) is 33.6 Å². The van der Waals surface area contributed by atoms with Gasteiger partial charge in [-0.05, 0) is 24.3 Å². The largest absolute Gasteiger partial charge is 0.480 e. The molecule has 2 aliphatic rings. The van der Waals surface area contributed by atoms with Crippen molar-refractivity contribution in [3.8, 4) is 0 Å². The number of carbonyl (C=O) groups is 6. The Morgan fingerprint density at radius 3 is 1.26 bits per heavy atom. The van der Waals surface area contributed by atoms with Crippen molar-refractivity contribution in [1.82, 2.24) is 20.4 Å². The highest BCUT2D eigenvalue weighted by Crippen LogP contribution is 2.20. The monoisotopic (exact) mass is 582 g/mol. The fraction of sp³-hybridized carbons (Fsp3) is 0.357. The quantitative estimate of drug-likeness (QED) is 0.219. The first-order valence-corrected chi connectivity index (χ1v) is 13.2. The number of hydrogen-bond donors (Lipinski definition) is 6. The number of carbonyl (C=O) groups excluding carboxylic acids is 4. The van der Waals surface area contributed by atoms with Gasteiger partial charge in [0.2, 0.25) is 11.8 Å². The van der Waals surface area contributed by atoms with Gasteiger partial charge in [0.15, 0.2) is 0 Å². The first-order valence-electron chi connectivity index (χ1n) is 13.2. The van der Waals surface area contributed by atoms with Crippen molar-refractivity contribution in [3.63, 3.8) is 0 Å². The van der Waals surface area contributed by atoms with Crippen molar-refractivity contribution in [2.24, 2.45) is 11.5 Å². The molecule has 2 heterocycles. The highest BCUT2D eigenvalue weighted by Gasteiger charge is 2.40. The van der Waals surface area contributed by atoms with Gasteiger partial charge in [-0.15, -0.1) is 0 Å². The molecule has 0 saturated carbocycles. The number of nitrogens with zero attached hydrogens (tertiary/aromatic N) is 2. The number of rotatable bonds is 8. The molecule has 0 aromatic heterocycles. The van der Waals surface area contributed by atoms with Gasteiger partial charge in [0, 0.05) is 49.1 Å². The molecule has 0 unspecified atom stereocenters. The minimum absolute atomic E-state index is 0.158. The van der Waals surface area contributed by atoms with Gasteiger partial charge in [0.1, 0.15) is 12.1 Å². The van der Waals surface area contributed by atoms with Crippen LogP contribution in [0.15, 0.2) is 60.7 Å². The molecule has 14 heteroatoms. The summed E-state index contributed by atoms with van der Waals surface area (Å²) >= 11 is 0. The van der Waals surface area contributed by atoms with Gasteiger partial charge in [-0.25, -0.2) is 9.59 Å². The number of aliphatic carboxylic acids is 2. The smallest absolute Gasteiger partial charge is 0.326 e. The normalized spacial score (nSPS) is 21.1. The van der Waals surface area contributed by atoms with E-state index >= 15 is 0 Å². The third-order valence-electron chi connectivity index (χ3n) is 6.90. The Kier molecular flexibility index (Phi) is 11.1. The molecule has 8 N–H and O–H groups in total. The fourth-order valence-electron chi connectivity index (χ4n) is 4.85. The van der Waals surface area contributed by atoms with Gasteiger partial charge in [-0.3, -0.25) is 19.2 Å². The van der Waals surface area contributed by atoms with Gasteiger partial charge >= 0.3 is 11.9 Å². The van der Waals surface area contributed by atoms with Crippen LogP contribution in [0.5, 0.6) is 0 Å². The molecule has 2 saturated heterocycles. The molecule has 2 aromatic carbocycles. The molecule has 0 aliphatic carbocycles. The van der Waals surface area contributed by atoms with Crippen molar-refractivity contribution in [1.29, 1.82) is 0 Å². The minimum Gasteiger partial charge on any atom is -0.480 e. The van der Waals surface area contributed by atoms with Crippen LogP contribution in [0.4, 0.5) is 0 Å². The highest BCUT2D eigenvalue weighted by atomic mass is 16.4. The molecule has 0 bridgehead atoms. The van der Waals surface area contributed by atoms with Crippen molar-refractivity contribution in [3.05, 3.63) is 71.8 Å². The fourth-order valence-corrected chi connectivity index (χ4v) is 4.85. The molecule has 0 radical (unpaired) electrons. The minimum atomic E-state index is -1.09. The Labute approximate surface area is 241 Å². The Morgan fingerprint density at radius 1 is 0.643 bits per heavy atom. The second kappa shape index (κ2) is 14.7. The average molecular weight is 583 g/mol. The predicted octanol–water partition coefficient (Wildman–Crippen LogP) is -1.14. The Morgan fingerprint density at radius 2 is 0.976 bits per heavy atom. The van der Waals surface area contributed by atoms with E-state index in [1.165, 1.54) is 9.80 Å². The summed E-state index contributed by atoms with van der Waals surface area (Å²) in [6, 6.07) is 14.6. The number of hydrogen-bond acceptors (Lipinski definition) is 8. The third-order valence-corrected chi connectivity index (χ3v) is 6.90. The second-order valence-electron chi connectivity index (χ2n) is 9.75. The average Bonchev–Trinajstić information content (AvgIpc) is 3.62. The molecule has 4 atom stereocenters. The van der Waals surface area contributed by atoms with E-state index in [2.05, 4.69) is 10.6 Å². The molecule has 42 heavy (non-hydrogen) atoms. The van der Waals surface area contributed by atoms with Crippen LogP contribution in [0, 0.1) is 0 Å². The van der Waals surface area contributed by atoms with E-state index in [0.717, 1.165) is 0 Å². The van der Waals surface area contributed by atoms with E-state index in [-0.39, 0.29) is 50.8 Å². The van der Waals surface area contributed by atoms with Crippen molar-refractivity contribution >= 4 is 35.6 Å². The summed E-state index contributed by atoms with van der Waals surface area (Å²) in [5, 5.41) is 23.8. The summed E-state index contributed by atoms with van der Waals surface area (Å²) in [5.74, 6) is -3.61. The summed E-state index contributed by atoms with van der Waals surface area (Å²) in [4.78, 5) is 72.2. The predicted molar refractivity (Wildman–Crippen MR) is 149 cm³/mol. The number of benzene rings is 2. The van der Waals surface area contributed by atoms with E-state index in [4.69, 9.17) is 21.7 Å². The van der Waals surface area contributed by atoms with Gasteiger partial charge in [0.05, 0.1) is 13.1 Å². The molecule has 4 amide bonds. The van der Waals surface area contributed by atoms with Crippen LogP contribution in [0.25, 0.3) is 0 Å². The lowest BCUT2D eigenvalue weighted by atomic mass is 10.1. The molecule has 2 aliphatic heterocycles. The maximum Gasteiger partial charge on any atom is 0.326 e. The summed E-state index contributed by atoms with van der Waals surface area (Å²) in [5.41, 5.74) is 11.5. The van der Waals surface area contributed by atoms with Gasteiger partial charge < -0.3 is 42.1 Å². The van der Waals surface area contributed by atoms with E-state index < -0.39 is 47.9 Å². The zero-order valence-electron chi connectivity index (χ0n) is 22.7. The Bertz CT molecular complexity index is 1190. The van der Waals surface area contributed by atoms with Gasteiger partial charge in [-0.1, -0.05) is 36.4 Å². The van der Waals surface area contributed by atoms with Crippen LogP contribution in [0.2, 0.25) is 0 Å². The topological polar surface area (TPSA) is 225 Å². The molecule has 14 nitrogen and oxygen atoms in total. The van der Waals surface area contributed by atoms with Crippen LogP contribution in [0.3, 0.4) is 0 Å². The first-order chi connectivity index (χ1) is 20.0. The Balaban J connectivity index is 0.000000230. The molecule has 2 aromatic rings. The first kappa shape index (κ1) is 31.7. The van der Waals surface area contributed by atoms with E-state index in [1.807, 2.05) is 0 Å². The molecular weight excluding hydrogens is 548 g/mol. The second-order valence-corrected chi connectivity index (χ2v) is 9.75. The highest BCUT2D eigenvalue weighted by molar-refractivity contribution is 5.95. The van der Waals surface area contributed by atoms with E-state index in [1.54, 1.807) is 60.7 Å². The SMILES string of the molecule is NCC(=O)N1C[C@H](NC(=O)c2ccccc2)C[C@H]1C(=O)O.NCC(=O)N1C[C@H](NC(=O)c2ccccc2)C[C@H]1C(=O)O. The van der Waals surface area contributed by atoms with Crippen LogP contribution in [-0.4, -0.2) is 106 Å². The van der Waals surface area contributed by atoms with E-state index in [0.29, 0.717) is 11.1 Å². The third kappa shape index (κ3) is 8.11. The Hall–Kier alpha value is -4.82. The zero-order chi connectivity index (χ0) is 30.8. The standard InChI is InChI=1S/2C14H17N3O4/c2*15-7-12(18)17-8-10(6-11(17)14(20)21)16-13(19)9-4-2-1-3-5-9/h2*1-5,10-11H,6-8,15H2,(H,16,19)(H,20,21)/t2*10-,11+/m11/s1. The molecule has 0 spiro atoms. The molecular formula is C28H34N6O8. The van der Waals surface area contributed by atoms with Crippen molar-refractivity contribution in [2.75, 3.05) is 26.2 Å². The summed E-state index contributed by atoms with van der Waals surface area (Å²) < 4.78 is 0. The maximum atomic E-state index is 12.0. The lowest BCUT2D eigenvalue weighted by molar-refractivity contribution is -0.147. The number of nitrogens with two attached hydrogens (primary N) is 2. The van der Waals surface area contributed by atoms with Crippen LogP contribution >= 0.6 is 0 Å². The van der Waals surface area contributed by atoms with Crippen molar-refractivity contribution in [2.45, 2.75) is 37.0 Å².